The van der Waals surface area contributed by atoms with E-state index in [4.69, 9.17) is 14.7 Å². The number of carbonyl (C=O) groups excluding carboxylic acids is 1. The zero-order valence-corrected chi connectivity index (χ0v) is 17.3. The molecule has 7 heteroatoms. The van der Waals surface area contributed by atoms with E-state index in [0.717, 1.165) is 17.7 Å². The van der Waals surface area contributed by atoms with Crippen molar-refractivity contribution in [1.82, 2.24) is 4.90 Å². The van der Waals surface area contributed by atoms with E-state index in [1.807, 2.05) is 36.4 Å². The fourth-order valence-electron chi connectivity index (χ4n) is 2.72. The van der Waals surface area contributed by atoms with Crippen molar-refractivity contribution in [2.45, 2.75) is 13.3 Å². The van der Waals surface area contributed by atoms with E-state index < -0.39 is 0 Å². The van der Waals surface area contributed by atoms with E-state index in [-0.39, 0.29) is 12.5 Å². The predicted molar refractivity (Wildman–Crippen MR) is 115 cm³/mol. The number of amidine groups is 1. The lowest BCUT2D eigenvalue weighted by atomic mass is 10.2. The van der Waals surface area contributed by atoms with Gasteiger partial charge < -0.3 is 9.47 Å². The van der Waals surface area contributed by atoms with Crippen molar-refractivity contribution in [2.24, 2.45) is 4.99 Å². The van der Waals surface area contributed by atoms with Gasteiger partial charge in [0.15, 0.2) is 23.3 Å². The fraction of sp³-hybridized carbons (Fsp3) is 0.227. The normalized spacial score (nSPS) is 16.3. The summed E-state index contributed by atoms with van der Waals surface area (Å²) in [6, 6.07) is 15.2. The molecule has 0 unspecified atom stereocenters. The average Bonchev–Trinajstić information content (AvgIpc) is 3.01. The predicted octanol–water partition coefficient (Wildman–Crippen LogP) is 4.39. The molecule has 1 heterocycles. The Balaban J connectivity index is 1.84. The molecule has 1 aliphatic heterocycles. The Morgan fingerprint density at radius 3 is 2.62 bits per heavy atom. The first kappa shape index (κ1) is 20.5. The van der Waals surface area contributed by atoms with Gasteiger partial charge in [-0.1, -0.05) is 25.1 Å². The zero-order chi connectivity index (χ0) is 20.8. The largest absolute Gasteiger partial charge is 0.493 e. The van der Waals surface area contributed by atoms with E-state index in [9.17, 15) is 4.79 Å². The third-order valence-electron chi connectivity index (χ3n) is 4.35. The van der Waals surface area contributed by atoms with E-state index in [1.54, 1.807) is 30.2 Å². The van der Waals surface area contributed by atoms with Gasteiger partial charge in [-0.05, 0) is 59.7 Å². The minimum Gasteiger partial charge on any atom is -0.493 e. The maximum atomic E-state index is 12.6. The highest BCUT2D eigenvalue weighted by Crippen LogP contribution is 2.35. The molecule has 6 nitrogen and oxygen atoms in total. The van der Waals surface area contributed by atoms with Crippen LogP contribution in [0.2, 0.25) is 0 Å². The topological polar surface area (TPSA) is 74.9 Å². The lowest BCUT2D eigenvalue weighted by molar-refractivity contribution is -0.121. The number of thioether (sulfide) groups is 1. The van der Waals surface area contributed by atoms with Crippen LogP contribution in [0.3, 0.4) is 0 Å². The second-order valence-electron chi connectivity index (χ2n) is 6.25. The van der Waals surface area contributed by atoms with E-state index in [1.165, 1.54) is 24.4 Å². The minimum absolute atomic E-state index is 0.0605. The Bertz CT molecular complexity index is 1010. The molecule has 1 fully saturated rings. The monoisotopic (exact) mass is 407 g/mol. The number of benzene rings is 2. The fourth-order valence-corrected chi connectivity index (χ4v) is 3.71. The van der Waals surface area contributed by atoms with Crippen LogP contribution in [0, 0.1) is 11.3 Å². The van der Waals surface area contributed by atoms with Gasteiger partial charge in [-0.25, -0.2) is 4.99 Å². The Labute approximate surface area is 174 Å². The molecule has 1 aliphatic rings. The van der Waals surface area contributed by atoms with Crippen LogP contribution in [0.4, 0.5) is 5.69 Å². The van der Waals surface area contributed by atoms with Gasteiger partial charge in [-0.15, -0.1) is 0 Å². The molecule has 2 aromatic rings. The second-order valence-corrected chi connectivity index (χ2v) is 7.26. The number of methoxy groups -OCH3 is 1. The molecule has 2 aromatic carbocycles. The molecule has 29 heavy (non-hydrogen) atoms. The Morgan fingerprint density at radius 2 is 1.97 bits per heavy atom. The number of nitriles is 1. The lowest BCUT2D eigenvalue weighted by Gasteiger charge is -2.09. The van der Waals surface area contributed by atoms with Crippen LogP contribution in [-0.2, 0) is 11.2 Å². The molecule has 0 N–H and O–H groups in total. The number of aryl methyl sites for hydroxylation is 1. The molecule has 0 aromatic heterocycles. The van der Waals surface area contributed by atoms with Crippen LogP contribution in [0.15, 0.2) is 52.4 Å². The highest BCUT2D eigenvalue weighted by molar-refractivity contribution is 8.18. The van der Waals surface area contributed by atoms with Crippen LogP contribution >= 0.6 is 11.8 Å². The highest BCUT2D eigenvalue weighted by Gasteiger charge is 2.30. The van der Waals surface area contributed by atoms with Crippen molar-refractivity contribution >= 4 is 34.6 Å². The van der Waals surface area contributed by atoms with Gasteiger partial charge in [0, 0.05) is 7.05 Å². The van der Waals surface area contributed by atoms with Crippen molar-refractivity contribution in [3.63, 3.8) is 0 Å². The molecule has 0 bridgehead atoms. The lowest BCUT2D eigenvalue weighted by Crippen LogP contribution is -2.23. The van der Waals surface area contributed by atoms with E-state index in [0.29, 0.717) is 21.6 Å². The van der Waals surface area contributed by atoms with Crippen molar-refractivity contribution < 1.29 is 14.3 Å². The summed E-state index contributed by atoms with van der Waals surface area (Å²) in [6.45, 7) is 2.05. The number of hydrogen-bond donors (Lipinski definition) is 0. The van der Waals surface area contributed by atoms with Crippen LogP contribution in [0.1, 0.15) is 18.1 Å². The summed E-state index contributed by atoms with van der Waals surface area (Å²) in [5, 5.41) is 9.30. The molecular weight excluding hydrogens is 386 g/mol. The third-order valence-corrected chi connectivity index (χ3v) is 5.41. The molecule has 0 saturated carbocycles. The smallest absolute Gasteiger partial charge is 0.266 e. The Morgan fingerprint density at radius 1 is 1.21 bits per heavy atom. The molecule has 1 amide bonds. The summed E-state index contributed by atoms with van der Waals surface area (Å²) in [5.41, 5.74) is 2.85. The summed E-state index contributed by atoms with van der Waals surface area (Å²) >= 11 is 1.33. The number of nitrogens with zero attached hydrogens (tertiary/aromatic N) is 3. The first-order valence-corrected chi connectivity index (χ1v) is 9.90. The highest BCUT2D eigenvalue weighted by atomic mass is 32.2. The maximum Gasteiger partial charge on any atom is 0.266 e. The molecule has 0 aliphatic carbocycles. The zero-order valence-electron chi connectivity index (χ0n) is 16.5. The van der Waals surface area contributed by atoms with Gasteiger partial charge in [0.25, 0.3) is 5.91 Å². The van der Waals surface area contributed by atoms with E-state index in [2.05, 4.69) is 11.9 Å². The second kappa shape index (κ2) is 9.30. The van der Waals surface area contributed by atoms with Gasteiger partial charge in [0.05, 0.1) is 17.7 Å². The number of rotatable bonds is 6. The SMILES string of the molecule is CCc1ccc(N=C2SC(=Cc3ccc(OCC#N)c(OC)c3)C(=O)N2C)cc1. The number of ether oxygens (including phenoxy) is 2. The molecule has 3 rings (SSSR count). The van der Waals surface area contributed by atoms with Gasteiger partial charge in [-0.2, -0.15) is 5.26 Å². The number of likely N-dealkylation sites (N-methyl/N-ethyl adjacent to an activating group) is 1. The van der Waals surface area contributed by atoms with Crippen LogP contribution in [0.5, 0.6) is 11.5 Å². The molecule has 0 atom stereocenters. The quantitative estimate of drug-likeness (QED) is 0.664. The Kier molecular flexibility index (Phi) is 6.57. The third kappa shape index (κ3) is 4.79. The van der Waals surface area contributed by atoms with Crippen molar-refractivity contribution in [3.05, 3.63) is 58.5 Å². The summed E-state index contributed by atoms with van der Waals surface area (Å²) in [4.78, 5) is 19.4. The van der Waals surface area contributed by atoms with Crippen molar-refractivity contribution in [2.75, 3.05) is 20.8 Å². The minimum atomic E-state index is -0.109. The molecule has 148 valence electrons. The number of aliphatic imine (C=N–C) groups is 1. The number of carbonyl (C=O) groups is 1. The van der Waals surface area contributed by atoms with Crippen LogP contribution < -0.4 is 9.47 Å². The van der Waals surface area contributed by atoms with E-state index >= 15 is 0 Å². The first-order valence-electron chi connectivity index (χ1n) is 9.08. The van der Waals surface area contributed by atoms with Gasteiger partial charge in [0.1, 0.15) is 6.07 Å². The Hall–Kier alpha value is -3.24. The van der Waals surface area contributed by atoms with Gasteiger partial charge in [-0.3, -0.25) is 9.69 Å². The molecule has 1 saturated heterocycles. The van der Waals surface area contributed by atoms with Gasteiger partial charge >= 0.3 is 0 Å². The van der Waals surface area contributed by atoms with Crippen LogP contribution in [-0.4, -0.2) is 36.7 Å². The number of hydrogen-bond acceptors (Lipinski definition) is 6. The standard InChI is InChI=1S/C22H21N3O3S/c1-4-15-5-8-17(9-6-15)24-22-25(2)21(26)20(29-22)14-16-7-10-18(28-12-11-23)19(13-16)27-3/h5-10,13-14H,4,12H2,1-3H3. The van der Waals surface area contributed by atoms with Crippen molar-refractivity contribution in [1.29, 1.82) is 5.26 Å². The summed E-state index contributed by atoms with van der Waals surface area (Å²) in [7, 11) is 3.25. The molecular formula is C22H21N3O3S. The maximum absolute atomic E-state index is 12.6. The average molecular weight is 407 g/mol. The summed E-state index contributed by atoms with van der Waals surface area (Å²) in [5.74, 6) is 0.877. The van der Waals surface area contributed by atoms with Crippen LogP contribution in [0.25, 0.3) is 6.08 Å². The molecule has 0 radical (unpaired) electrons. The van der Waals surface area contributed by atoms with Gasteiger partial charge in [0.2, 0.25) is 0 Å². The number of amides is 1. The summed E-state index contributed by atoms with van der Waals surface area (Å²) < 4.78 is 10.7. The molecule has 0 spiro atoms. The summed E-state index contributed by atoms with van der Waals surface area (Å²) in [6.07, 6.45) is 2.77. The first-order chi connectivity index (χ1) is 14.0. The van der Waals surface area contributed by atoms with Crippen molar-refractivity contribution in [3.8, 4) is 17.6 Å².